The van der Waals surface area contributed by atoms with Crippen LogP contribution in [0.2, 0.25) is 0 Å². The van der Waals surface area contributed by atoms with Gasteiger partial charge in [0.1, 0.15) is 5.82 Å². The van der Waals surface area contributed by atoms with Crippen molar-refractivity contribution in [1.29, 1.82) is 0 Å². The van der Waals surface area contributed by atoms with Crippen molar-refractivity contribution >= 4 is 0 Å². The van der Waals surface area contributed by atoms with E-state index >= 15 is 0 Å². The van der Waals surface area contributed by atoms with Crippen LogP contribution in [0.15, 0.2) is 42.7 Å². The summed E-state index contributed by atoms with van der Waals surface area (Å²) in [4.78, 5) is 4.46. The van der Waals surface area contributed by atoms with E-state index in [1.807, 2.05) is 12.3 Å². The second kappa shape index (κ2) is 6.36. The lowest BCUT2D eigenvalue weighted by Gasteiger charge is -2.20. The Balaban J connectivity index is 2.32. The molecule has 0 spiro atoms. The molecule has 1 atom stereocenters. The Morgan fingerprint density at radius 3 is 2.72 bits per heavy atom. The van der Waals surface area contributed by atoms with E-state index in [9.17, 15) is 0 Å². The number of nitrogens with zero attached hydrogens (tertiary/aromatic N) is 2. The first-order valence-electron chi connectivity index (χ1n) is 6.63. The number of rotatable bonds is 6. The zero-order chi connectivity index (χ0) is 12.8. The maximum atomic E-state index is 5.76. The van der Waals surface area contributed by atoms with Gasteiger partial charge in [0.05, 0.1) is 6.04 Å². The van der Waals surface area contributed by atoms with Crippen LogP contribution in [0.3, 0.4) is 0 Å². The van der Waals surface area contributed by atoms with E-state index < -0.39 is 0 Å². The average molecular weight is 243 g/mol. The number of imidazole rings is 1. The summed E-state index contributed by atoms with van der Waals surface area (Å²) in [6, 6.07) is 10.8. The highest BCUT2D eigenvalue weighted by Crippen LogP contribution is 2.23. The molecule has 0 aliphatic carbocycles. The molecule has 2 aromatic rings. The van der Waals surface area contributed by atoms with E-state index in [1.165, 1.54) is 5.56 Å². The lowest BCUT2D eigenvalue weighted by atomic mass is 10.0. The monoisotopic (exact) mass is 243 g/mol. The van der Waals surface area contributed by atoms with Crippen LogP contribution in [0.1, 0.15) is 37.2 Å². The predicted octanol–water partition coefficient (Wildman–Crippen LogP) is 2.77. The minimum atomic E-state index is 0.306. The van der Waals surface area contributed by atoms with Crippen LogP contribution >= 0.6 is 0 Å². The first-order valence-corrected chi connectivity index (χ1v) is 6.63. The smallest absolute Gasteiger partial charge is 0.109 e. The average Bonchev–Trinajstić information content (AvgIpc) is 2.85. The summed E-state index contributed by atoms with van der Waals surface area (Å²) in [6.07, 6.45) is 7.02. The molecule has 0 amide bonds. The van der Waals surface area contributed by atoms with Gasteiger partial charge in [-0.2, -0.15) is 0 Å². The Morgan fingerprint density at radius 2 is 2.06 bits per heavy atom. The van der Waals surface area contributed by atoms with Crippen LogP contribution < -0.4 is 5.73 Å². The molecule has 96 valence electrons. The number of aromatic nitrogens is 2. The molecule has 0 fully saturated rings. The Morgan fingerprint density at radius 1 is 1.28 bits per heavy atom. The van der Waals surface area contributed by atoms with Gasteiger partial charge in [0, 0.05) is 18.8 Å². The Labute approximate surface area is 109 Å². The fourth-order valence-electron chi connectivity index (χ4n) is 2.34. The van der Waals surface area contributed by atoms with E-state index in [0.717, 1.165) is 25.1 Å². The lowest BCUT2D eigenvalue weighted by molar-refractivity contribution is 0.523. The van der Waals surface area contributed by atoms with E-state index in [1.54, 1.807) is 0 Å². The van der Waals surface area contributed by atoms with Gasteiger partial charge in [-0.1, -0.05) is 37.3 Å². The van der Waals surface area contributed by atoms with Crippen LogP contribution in [0.4, 0.5) is 0 Å². The molecule has 2 N–H and O–H groups in total. The first kappa shape index (κ1) is 12.8. The molecule has 0 aliphatic heterocycles. The molecule has 18 heavy (non-hydrogen) atoms. The van der Waals surface area contributed by atoms with Crippen molar-refractivity contribution in [2.45, 2.75) is 32.2 Å². The maximum Gasteiger partial charge on any atom is 0.109 e. The van der Waals surface area contributed by atoms with Gasteiger partial charge in [-0.15, -0.1) is 0 Å². The highest BCUT2D eigenvalue weighted by Gasteiger charge is 2.15. The molecule has 0 bridgehead atoms. The third kappa shape index (κ3) is 2.79. The van der Waals surface area contributed by atoms with Crippen LogP contribution in [0.5, 0.6) is 0 Å². The third-order valence-electron chi connectivity index (χ3n) is 3.18. The summed E-state index contributed by atoms with van der Waals surface area (Å²) in [5, 5.41) is 0. The first-order chi connectivity index (χ1) is 8.86. The SMILES string of the molecule is CCCc1nccn1C(CCN)c1ccccc1. The minimum absolute atomic E-state index is 0.306. The van der Waals surface area contributed by atoms with Gasteiger partial charge in [0.2, 0.25) is 0 Å². The standard InChI is InChI=1S/C15H21N3/c1-2-6-15-17-11-12-18(15)14(9-10-16)13-7-4-3-5-8-13/h3-5,7-8,11-12,14H,2,6,9-10,16H2,1H3. The summed E-state index contributed by atoms with van der Waals surface area (Å²) in [6.45, 7) is 2.86. The number of benzene rings is 1. The van der Waals surface area contributed by atoms with Crippen molar-refractivity contribution in [2.24, 2.45) is 5.73 Å². The molecule has 1 aromatic carbocycles. The van der Waals surface area contributed by atoms with E-state index in [-0.39, 0.29) is 0 Å². The number of hydrogen-bond acceptors (Lipinski definition) is 2. The number of aryl methyl sites for hydroxylation is 1. The summed E-state index contributed by atoms with van der Waals surface area (Å²) in [7, 11) is 0. The van der Waals surface area contributed by atoms with Gasteiger partial charge in [-0.25, -0.2) is 4.98 Å². The predicted molar refractivity (Wildman–Crippen MR) is 74.5 cm³/mol. The van der Waals surface area contributed by atoms with Gasteiger partial charge < -0.3 is 10.3 Å². The number of hydrogen-bond donors (Lipinski definition) is 1. The van der Waals surface area contributed by atoms with Crippen molar-refractivity contribution in [3.8, 4) is 0 Å². The van der Waals surface area contributed by atoms with Crippen molar-refractivity contribution in [1.82, 2.24) is 9.55 Å². The molecule has 2 rings (SSSR count). The molecule has 3 nitrogen and oxygen atoms in total. The summed E-state index contributed by atoms with van der Waals surface area (Å²) in [5.74, 6) is 1.15. The minimum Gasteiger partial charge on any atom is -0.330 e. The van der Waals surface area contributed by atoms with Gasteiger partial charge in [0.15, 0.2) is 0 Å². The Kier molecular flexibility index (Phi) is 4.53. The highest BCUT2D eigenvalue weighted by molar-refractivity contribution is 5.21. The quantitative estimate of drug-likeness (QED) is 0.847. The molecule has 0 radical (unpaired) electrons. The van der Waals surface area contributed by atoms with Gasteiger partial charge in [-0.05, 0) is 24.9 Å². The second-order valence-corrected chi connectivity index (χ2v) is 4.50. The zero-order valence-corrected chi connectivity index (χ0v) is 10.9. The largest absolute Gasteiger partial charge is 0.330 e. The summed E-state index contributed by atoms with van der Waals surface area (Å²) >= 11 is 0. The summed E-state index contributed by atoms with van der Waals surface area (Å²) < 4.78 is 2.27. The maximum absolute atomic E-state index is 5.76. The Bertz CT molecular complexity index is 462. The van der Waals surface area contributed by atoms with Crippen LogP contribution in [0.25, 0.3) is 0 Å². The zero-order valence-electron chi connectivity index (χ0n) is 10.9. The molecule has 0 saturated heterocycles. The van der Waals surface area contributed by atoms with Crippen molar-refractivity contribution in [2.75, 3.05) is 6.54 Å². The molecule has 1 unspecified atom stereocenters. The fraction of sp³-hybridized carbons (Fsp3) is 0.400. The molecule has 1 heterocycles. The molecular weight excluding hydrogens is 222 g/mol. The van der Waals surface area contributed by atoms with Crippen LogP contribution in [0, 0.1) is 0 Å². The molecule has 0 saturated carbocycles. The van der Waals surface area contributed by atoms with Gasteiger partial charge in [0.25, 0.3) is 0 Å². The molecule has 1 aromatic heterocycles. The summed E-state index contributed by atoms with van der Waals surface area (Å²) in [5.41, 5.74) is 7.07. The third-order valence-corrected chi connectivity index (χ3v) is 3.18. The molecule has 3 heteroatoms. The van der Waals surface area contributed by atoms with E-state index in [4.69, 9.17) is 5.73 Å². The van der Waals surface area contributed by atoms with Gasteiger partial charge in [-0.3, -0.25) is 0 Å². The van der Waals surface area contributed by atoms with Crippen molar-refractivity contribution in [3.05, 3.63) is 54.1 Å². The van der Waals surface area contributed by atoms with E-state index in [0.29, 0.717) is 12.6 Å². The van der Waals surface area contributed by atoms with Gasteiger partial charge >= 0.3 is 0 Å². The molecule has 0 aliphatic rings. The van der Waals surface area contributed by atoms with Crippen LogP contribution in [-0.4, -0.2) is 16.1 Å². The van der Waals surface area contributed by atoms with Crippen LogP contribution in [-0.2, 0) is 6.42 Å². The second-order valence-electron chi connectivity index (χ2n) is 4.50. The highest BCUT2D eigenvalue weighted by atomic mass is 15.1. The van der Waals surface area contributed by atoms with Crippen molar-refractivity contribution < 1.29 is 0 Å². The normalized spacial score (nSPS) is 12.6. The van der Waals surface area contributed by atoms with Crippen molar-refractivity contribution in [3.63, 3.8) is 0 Å². The molecular formula is C15H21N3. The van der Waals surface area contributed by atoms with E-state index in [2.05, 4.69) is 46.9 Å². The Hall–Kier alpha value is -1.61. The fourth-order valence-corrected chi connectivity index (χ4v) is 2.34. The number of nitrogens with two attached hydrogens (primary N) is 1. The topological polar surface area (TPSA) is 43.8 Å². The lowest BCUT2D eigenvalue weighted by Crippen LogP contribution is -2.17.